The summed E-state index contributed by atoms with van der Waals surface area (Å²) >= 11 is 0. The zero-order chi connectivity index (χ0) is 15.4. The predicted octanol–water partition coefficient (Wildman–Crippen LogP) is 0.764. The number of pyridine rings is 2. The van der Waals surface area contributed by atoms with Crippen molar-refractivity contribution in [2.45, 2.75) is 6.54 Å². The van der Waals surface area contributed by atoms with Gasteiger partial charge in [-0.2, -0.15) is 0 Å². The fourth-order valence-corrected chi connectivity index (χ4v) is 2.36. The Balaban J connectivity index is 1.78. The van der Waals surface area contributed by atoms with E-state index in [2.05, 4.69) is 17.1 Å². The summed E-state index contributed by atoms with van der Waals surface area (Å²) in [5.74, 6) is 0. The second-order valence-electron chi connectivity index (χ2n) is 5.11. The molecule has 0 bridgehead atoms. The summed E-state index contributed by atoms with van der Waals surface area (Å²) in [6, 6.07) is 15.4. The van der Waals surface area contributed by atoms with Crippen LogP contribution in [0.15, 0.2) is 73.3 Å². The molecule has 0 aliphatic heterocycles. The molecule has 0 spiro atoms. The fraction of sp³-hybridized carbons (Fsp3) is 0.0588. The third-order valence-electron chi connectivity index (χ3n) is 3.52. The number of hydrogen-bond donors (Lipinski definition) is 2. The number of hydrogen-bond acceptors (Lipinski definition) is 3. The predicted molar refractivity (Wildman–Crippen MR) is 85.2 cm³/mol. The van der Waals surface area contributed by atoms with Gasteiger partial charge in [-0.25, -0.2) is 4.57 Å². The summed E-state index contributed by atoms with van der Waals surface area (Å²) < 4.78 is 2.05. The summed E-state index contributed by atoms with van der Waals surface area (Å²) in [6.45, 7) is 0.678. The molecule has 0 amide bonds. The van der Waals surface area contributed by atoms with E-state index in [9.17, 15) is 10.0 Å². The number of rotatable bonds is 4. The Morgan fingerprint density at radius 2 is 1.59 bits per heavy atom. The van der Waals surface area contributed by atoms with Gasteiger partial charge < -0.3 is 10.0 Å². The van der Waals surface area contributed by atoms with Crippen molar-refractivity contribution in [3.63, 3.8) is 0 Å². The van der Waals surface area contributed by atoms with Crippen molar-refractivity contribution < 1.29 is 14.6 Å². The van der Waals surface area contributed by atoms with Crippen molar-refractivity contribution in [2.75, 3.05) is 0 Å². The van der Waals surface area contributed by atoms with Crippen LogP contribution >= 0.6 is 0 Å². The van der Waals surface area contributed by atoms with E-state index >= 15 is 0 Å². The van der Waals surface area contributed by atoms with Gasteiger partial charge in [-0.1, -0.05) is 24.3 Å². The van der Waals surface area contributed by atoms with Crippen molar-refractivity contribution in [2.24, 2.45) is 0 Å². The van der Waals surface area contributed by atoms with E-state index in [-0.39, 0.29) is 0 Å². The molecular weight excluding hydrogens is 275 g/mol. The largest absolute Gasteiger partial charge is 0.488 e. The maximum Gasteiger partial charge on any atom is 0.488 e. The van der Waals surface area contributed by atoms with E-state index in [4.69, 9.17) is 0 Å². The molecule has 2 aromatic heterocycles. The minimum absolute atomic E-state index is 0.506. The molecular formula is C17H16BN2O2+. The van der Waals surface area contributed by atoms with Gasteiger partial charge >= 0.3 is 7.12 Å². The molecule has 0 saturated carbocycles. The van der Waals surface area contributed by atoms with Gasteiger partial charge in [0, 0.05) is 30.1 Å². The minimum Gasteiger partial charge on any atom is -0.423 e. The molecule has 108 valence electrons. The van der Waals surface area contributed by atoms with Gasteiger partial charge in [-0.3, -0.25) is 4.98 Å². The molecule has 2 heterocycles. The normalized spacial score (nSPS) is 10.5. The van der Waals surface area contributed by atoms with Crippen molar-refractivity contribution in [1.82, 2.24) is 4.98 Å². The van der Waals surface area contributed by atoms with Gasteiger partial charge in [0.2, 0.25) is 0 Å². The molecule has 0 saturated heterocycles. The van der Waals surface area contributed by atoms with Crippen LogP contribution in [0, 0.1) is 0 Å². The summed E-state index contributed by atoms with van der Waals surface area (Å²) in [4.78, 5) is 4.02. The summed E-state index contributed by atoms with van der Waals surface area (Å²) in [6.07, 6.45) is 7.58. The lowest BCUT2D eigenvalue weighted by Gasteiger charge is -2.03. The highest BCUT2D eigenvalue weighted by Gasteiger charge is 2.12. The zero-order valence-corrected chi connectivity index (χ0v) is 12.0. The Kier molecular flexibility index (Phi) is 4.28. The minimum atomic E-state index is -1.43. The zero-order valence-electron chi connectivity index (χ0n) is 12.0. The van der Waals surface area contributed by atoms with Gasteiger partial charge in [-0.05, 0) is 28.7 Å². The van der Waals surface area contributed by atoms with Crippen LogP contribution in [0.4, 0.5) is 0 Å². The quantitative estimate of drug-likeness (QED) is 0.551. The van der Waals surface area contributed by atoms with E-state index in [1.165, 1.54) is 0 Å². The third kappa shape index (κ3) is 3.39. The van der Waals surface area contributed by atoms with Crippen LogP contribution in [0.25, 0.3) is 11.1 Å². The van der Waals surface area contributed by atoms with Crippen LogP contribution in [-0.4, -0.2) is 22.2 Å². The summed E-state index contributed by atoms with van der Waals surface area (Å²) in [7, 11) is -1.43. The highest BCUT2D eigenvalue weighted by atomic mass is 16.4. The van der Waals surface area contributed by atoms with E-state index in [1.54, 1.807) is 24.5 Å². The van der Waals surface area contributed by atoms with Crippen LogP contribution in [-0.2, 0) is 6.54 Å². The molecule has 1 aromatic carbocycles. The molecule has 3 aromatic rings. The molecule has 4 nitrogen and oxygen atoms in total. The smallest absolute Gasteiger partial charge is 0.423 e. The van der Waals surface area contributed by atoms with Crippen molar-refractivity contribution in [3.8, 4) is 11.1 Å². The highest BCUT2D eigenvalue weighted by Crippen LogP contribution is 2.15. The second-order valence-corrected chi connectivity index (χ2v) is 5.11. The molecule has 0 atom stereocenters. The van der Waals surface area contributed by atoms with Crippen molar-refractivity contribution in [3.05, 3.63) is 78.9 Å². The Labute approximate surface area is 129 Å². The first-order chi connectivity index (χ1) is 10.7. The van der Waals surface area contributed by atoms with Crippen molar-refractivity contribution in [1.29, 1.82) is 0 Å². The van der Waals surface area contributed by atoms with E-state index in [1.807, 2.05) is 41.2 Å². The first-order valence-electron chi connectivity index (χ1n) is 7.07. The van der Waals surface area contributed by atoms with Crippen LogP contribution < -0.4 is 10.0 Å². The number of aromatic nitrogens is 2. The van der Waals surface area contributed by atoms with Crippen molar-refractivity contribution >= 4 is 12.6 Å². The maximum atomic E-state index is 9.22. The SMILES string of the molecule is OB(O)c1cccc(C[n+]2ccc(-c3ccncc3)cc2)c1. The topological polar surface area (TPSA) is 57.2 Å². The monoisotopic (exact) mass is 291 g/mol. The molecule has 5 heteroatoms. The molecule has 2 N–H and O–H groups in total. The lowest BCUT2D eigenvalue weighted by molar-refractivity contribution is -0.688. The molecule has 0 radical (unpaired) electrons. The Hall–Kier alpha value is -2.50. The van der Waals surface area contributed by atoms with Gasteiger partial charge in [0.05, 0.1) is 0 Å². The van der Waals surface area contributed by atoms with Gasteiger partial charge in [0.1, 0.15) is 0 Å². The lowest BCUT2D eigenvalue weighted by atomic mass is 9.79. The fourth-order valence-electron chi connectivity index (χ4n) is 2.36. The first-order valence-corrected chi connectivity index (χ1v) is 7.07. The Morgan fingerprint density at radius 1 is 0.909 bits per heavy atom. The van der Waals surface area contributed by atoms with E-state index in [0.717, 1.165) is 16.7 Å². The summed E-state index contributed by atoms with van der Waals surface area (Å²) in [5, 5.41) is 18.4. The molecule has 0 aliphatic carbocycles. The summed E-state index contributed by atoms with van der Waals surface area (Å²) in [5.41, 5.74) is 3.80. The Bertz CT molecular complexity index is 746. The van der Waals surface area contributed by atoms with E-state index < -0.39 is 7.12 Å². The first kappa shape index (κ1) is 14.4. The average Bonchev–Trinajstić information content (AvgIpc) is 2.56. The molecule has 0 aliphatic rings. The number of benzene rings is 1. The third-order valence-corrected chi connectivity index (χ3v) is 3.52. The molecule has 3 rings (SSSR count). The van der Waals surface area contributed by atoms with E-state index in [0.29, 0.717) is 12.0 Å². The highest BCUT2D eigenvalue weighted by molar-refractivity contribution is 6.58. The van der Waals surface area contributed by atoms with Gasteiger partial charge in [0.15, 0.2) is 18.9 Å². The van der Waals surface area contributed by atoms with Crippen LogP contribution in [0.5, 0.6) is 0 Å². The standard InChI is InChI=1S/C17H16BN2O2/c21-18(22)17-3-1-2-14(12-17)13-20-10-6-16(7-11-20)15-4-8-19-9-5-15/h1-12,21-22H,13H2/q+1. The van der Waals surface area contributed by atoms with Gasteiger partial charge in [-0.15, -0.1) is 0 Å². The molecule has 0 fully saturated rings. The lowest BCUT2D eigenvalue weighted by Crippen LogP contribution is -2.35. The second kappa shape index (κ2) is 6.51. The van der Waals surface area contributed by atoms with Crippen LogP contribution in [0.1, 0.15) is 5.56 Å². The van der Waals surface area contributed by atoms with Gasteiger partial charge in [0.25, 0.3) is 0 Å². The van der Waals surface area contributed by atoms with Crippen LogP contribution in [0.2, 0.25) is 0 Å². The van der Waals surface area contributed by atoms with Crippen LogP contribution in [0.3, 0.4) is 0 Å². The molecule has 22 heavy (non-hydrogen) atoms. The average molecular weight is 291 g/mol. The molecule has 0 unspecified atom stereocenters. The number of nitrogens with zero attached hydrogens (tertiary/aromatic N) is 2. The Morgan fingerprint density at radius 3 is 2.27 bits per heavy atom. The maximum absolute atomic E-state index is 9.22.